The fraction of sp³-hybridized carbons (Fsp3) is 0.150. The number of fused-ring (bicyclic) bond motifs is 1. The van der Waals surface area contributed by atoms with Gasteiger partial charge in [-0.15, -0.1) is 10.2 Å². The van der Waals surface area contributed by atoms with Crippen LogP contribution >= 0.6 is 55.4 Å². The van der Waals surface area contributed by atoms with Crippen molar-refractivity contribution in [1.82, 2.24) is 30.4 Å². The Bertz CT molecular complexity index is 1320. The molecule has 12 heteroatoms. The Morgan fingerprint density at radius 1 is 1.22 bits per heavy atom. The largest absolute Gasteiger partial charge is 0.495 e. The highest BCUT2D eigenvalue weighted by Crippen LogP contribution is 2.32. The number of rotatable bonds is 5. The van der Waals surface area contributed by atoms with Crippen molar-refractivity contribution < 1.29 is 9.53 Å². The Balaban J connectivity index is 1.37. The van der Waals surface area contributed by atoms with Crippen molar-refractivity contribution in [1.29, 1.82) is 0 Å². The molecule has 0 atom stereocenters. The number of halogens is 2. The Morgan fingerprint density at radius 3 is 2.66 bits per heavy atom. The van der Waals surface area contributed by atoms with Crippen molar-refractivity contribution in [2.24, 2.45) is 0 Å². The molecule has 8 nitrogen and oxygen atoms in total. The third kappa shape index (κ3) is 4.82. The molecule has 1 amide bonds. The zero-order chi connectivity index (χ0) is 22.8. The number of aryl methyl sites for hydroxylation is 1. The van der Waals surface area contributed by atoms with Gasteiger partial charge in [-0.3, -0.25) is 10.1 Å². The highest BCUT2D eigenvalue weighted by atomic mass is 79.9. The molecule has 0 fully saturated rings. The minimum absolute atomic E-state index is 0.223. The van der Waals surface area contributed by atoms with Crippen molar-refractivity contribution in [3.05, 3.63) is 62.3 Å². The molecule has 0 saturated heterocycles. The summed E-state index contributed by atoms with van der Waals surface area (Å²) in [6.07, 6.45) is 0. The minimum Gasteiger partial charge on any atom is -0.495 e. The highest BCUT2D eigenvalue weighted by Gasteiger charge is 2.17. The molecular weight excluding hydrogens is 580 g/mol. The molecule has 4 aromatic rings. The van der Waals surface area contributed by atoms with E-state index in [9.17, 15) is 4.79 Å². The summed E-state index contributed by atoms with van der Waals surface area (Å²) in [5.41, 5.74) is 2.36. The maximum Gasteiger partial charge on any atom is 0.261 e. The summed E-state index contributed by atoms with van der Waals surface area (Å²) in [5, 5.41) is 19.5. The van der Waals surface area contributed by atoms with Gasteiger partial charge >= 0.3 is 0 Å². The van der Waals surface area contributed by atoms with Crippen LogP contribution in [0.5, 0.6) is 5.75 Å². The van der Waals surface area contributed by atoms with E-state index in [1.54, 1.807) is 16.6 Å². The second kappa shape index (κ2) is 9.61. The van der Waals surface area contributed by atoms with Crippen LogP contribution in [0.4, 0.5) is 0 Å². The van der Waals surface area contributed by atoms with Gasteiger partial charge in [0, 0.05) is 16.6 Å². The van der Waals surface area contributed by atoms with Gasteiger partial charge in [0.2, 0.25) is 4.96 Å². The van der Waals surface area contributed by atoms with E-state index in [-0.39, 0.29) is 11.0 Å². The second-order valence-electron chi connectivity index (χ2n) is 6.65. The molecule has 0 aliphatic rings. The Hall–Kier alpha value is -2.41. The fourth-order valence-electron chi connectivity index (χ4n) is 2.93. The van der Waals surface area contributed by atoms with Gasteiger partial charge in [-0.2, -0.15) is 9.61 Å². The number of hydrogen-bond acceptors (Lipinski definition) is 7. The smallest absolute Gasteiger partial charge is 0.261 e. The predicted octanol–water partition coefficient (Wildman–Crippen LogP) is 4.50. The van der Waals surface area contributed by atoms with Crippen molar-refractivity contribution in [2.45, 2.75) is 13.5 Å². The Labute approximate surface area is 209 Å². The number of nitrogens with one attached hydrogen (secondary N) is 2. The summed E-state index contributed by atoms with van der Waals surface area (Å²) in [6.45, 7) is 2.33. The molecule has 164 valence electrons. The number of benzene rings is 2. The van der Waals surface area contributed by atoms with E-state index in [0.29, 0.717) is 22.3 Å². The number of nitrogens with zero attached hydrogens (tertiary/aromatic N) is 4. The van der Waals surface area contributed by atoms with Gasteiger partial charge in [-0.05, 0) is 52.8 Å². The molecule has 0 unspecified atom stereocenters. The summed E-state index contributed by atoms with van der Waals surface area (Å²) in [4.78, 5) is 13.4. The highest BCUT2D eigenvalue weighted by molar-refractivity contribution is 9.11. The summed E-state index contributed by atoms with van der Waals surface area (Å²) in [6, 6.07) is 11.4. The molecule has 32 heavy (non-hydrogen) atoms. The Kier molecular flexibility index (Phi) is 6.84. The van der Waals surface area contributed by atoms with Crippen LogP contribution in [0.1, 0.15) is 21.7 Å². The van der Waals surface area contributed by atoms with Gasteiger partial charge in [-0.1, -0.05) is 51.5 Å². The molecule has 0 spiro atoms. The van der Waals surface area contributed by atoms with Crippen LogP contribution in [0.15, 0.2) is 45.3 Å². The third-order valence-electron chi connectivity index (χ3n) is 4.48. The quantitative estimate of drug-likeness (QED) is 0.328. The molecule has 2 N–H and O–H groups in total. The number of amides is 1. The van der Waals surface area contributed by atoms with Crippen molar-refractivity contribution >= 4 is 71.4 Å². The summed E-state index contributed by atoms with van der Waals surface area (Å²) in [7, 11) is 1.51. The Morgan fingerprint density at radius 2 is 1.97 bits per heavy atom. The lowest BCUT2D eigenvalue weighted by atomic mass is 10.1. The minimum atomic E-state index is -0.365. The van der Waals surface area contributed by atoms with E-state index < -0.39 is 0 Å². The molecule has 0 radical (unpaired) electrons. The number of carbonyl (C=O) groups excluding carboxylic acids is 1. The van der Waals surface area contributed by atoms with Crippen molar-refractivity contribution in [3.8, 4) is 16.3 Å². The number of methoxy groups -OCH3 is 1. The first-order valence-corrected chi connectivity index (χ1v) is 12.1. The number of thiocarbonyl (C=S) groups is 1. The molecule has 0 saturated carbocycles. The number of ether oxygens (including phenoxy) is 1. The lowest BCUT2D eigenvalue weighted by Crippen LogP contribution is -2.39. The van der Waals surface area contributed by atoms with E-state index in [2.05, 4.69) is 57.8 Å². The van der Waals surface area contributed by atoms with E-state index in [0.717, 1.165) is 31.4 Å². The van der Waals surface area contributed by atoms with E-state index >= 15 is 0 Å². The van der Waals surface area contributed by atoms with Crippen LogP contribution in [-0.4, -0.2) is 37.9 Å². The summed E-state index contributed by atoms with van der Waals surface area (Å²) >= 11 is 13.5. The second-order valence-corrected chi connectivity index (χ2v) is 9.79. The first kappa shape index (κ1) is 22.8. The molecule has 0 aliphatic heterocycles. The average Bonchev–Trinajstić information content (AvgIpc) is 3.34. The fourth-order valence-corrected chi connectivity index (χ4v) is 5.37. The maximum atomic E-state index is 12.7. The zero-order valence-electron chi connectivity index (χ0n) is 16.8. The normalized spacial score (nSPS) is 10.9. The van der Waals surface area contributed by atoms with Gasteiger partial charge in [0.25, 0.3) is 5.91 Å². The van der Waals surface area contributed by atoms with Crippen LogP contribution in [0.2, 0.25) is 0 Å². The van der Waals surface area contributed by atoms with E-state index in [4.69, 9.17) is 17.0 Å². The van der Waals surface area contributed by atoms with Crippen molar-refractivity contribution in [3.63, 3.8) is 0 Å². The summed E-state index contributed by atoms with van der Waals surface area (Å²) in [5.74, 6) is 0.826. The molecule has 2 aromatic heterocycles. The topological polar surface area (TPSA) is 93.4 Å². The number of hydrogen-bond donors (Lipinski definition) is 2. The van der Waals surface area contributed by atoms with Crippen LogP contribution in [-0.2, 0) is 6.54 Å². The third-order valence-corrected chi connectivity index (χ3v) is 6.73. The van der Waals surface area contributed by atoms with Gasteiger partial charge < -0.3 is 10.1 Å². The molecule has 0 bridgehead atoms. The SMILES string of the molecule is COc1c(Br)cc(Br)cc1C(=O)NC(=S)NCc1ccc(-c2nn3c(C)nnc3s2)cc1. The van der Waals surface area contributed by atoms with Crippen LogP contribution < -0.4 is 15.4 Å². The van der Waals surface area contributed by atoms with Crippen LogP contribution in [0, 0.1) is 6.92 Å². The molecule has 0 aliphatic carbocycles. The number of aromatic nitrogens is 4. The standard InChI is InChI=1S/C20H16Br2N6O2S2/c1-10-25-26-20-28(10)27-18(32-20)12-5-3-11(4-6-12)9-23-19(31)24-17(29)14-7-13(21)8-15(22)16(14)30-2/h3-8H,9H2,1-2H3,(H2,23,24,29,31). The first-order valence-electron chi connectivity index (χ1n) is 9.26. The van der Waals surface area contributed by atoms with Gasteiger partial charge in [0.05, 0.1) is 17.1 Å². The summed E-state index contributed by atoms with van der Waals surface area (Å²) < 4.78 is 8.47. The van der Waals surface area contributed by atoms with Crippen LogP contribution in [0.3, 0.4) is 0 Å². The van der Waals surface area contributed by atoms with Crippen molar-refractivity contribution in [2.75, 3.05) is 7.11 Å². The lowest BCUT2D eigenvalue weighted by molar-refractivity contribution is 0.0973. The predicted molar refractivity (Wildman–Crippen MR) is 134 cm³/mol. The van der Waals surface area contributed by atoms with E-state index in [1.165, 1.54) is 18.4 Å². The molecule has 4 rings (SSSR count). The van der Waals surface area contributed by atoms with Crippen LogP contribution in [0.25, 0.3) is 15.5 Å². The van der Waals surface area contributed by atoms with Gasteiger partial charge in [0.1, 0.15) is 10.8 Å². The maximum absolute atomic E-state index is 12.7. The number of carbonyl (C=O) groups is 1. The first-order chi connectivity index (χ1) is 15.4. The molecular formula is C20H16Br2N6O2S2. The lowest BCUT2D eigenvalue weighted by Gasteiger charge is -2.13. The zero-order valence-corrected chi connectivity index (χ0v) is 21.7. The van der Waals surface area contributed by atoms with E-state index in [1.807, 2.05) is 31.2 Å². The molecule has 2 heterocycles. The van der Waals surface area contributed by atoms with Gasteiger partial charge in [0.15, 0.2) is 10.9 Å². The van der Waals surface area contributed by atoms with Gasteiger partial charge in [-0.25, -0.2) is 0 Å². The molecule has 2 aromatic carbocycles. The average molecular weight is 596 g/mol. The monoisotopic (exact) mass is 594 g/mol.